The summed E-state index contributed by atoms with van der Waals surface area (Å²) in [6.07, 6.45) is 2.93. The van der Waals surface area contributed by atoms with Crippen LogP contribution in [0.1, 0.15) is 73.6 Å². The van der Waals surface area contributed by atoms with Gasteiger partial charge < -0.3 is 15.2 Å². The van der Waals surface area contributed by atoms with Gasteiger partial charge >= 0.3 is 6.18 Å². The minimum Gasteiger partial charge on any atom is -0.367 e. The lowest BCUT2D eigenvalue weighted by atomic mass is 9.39. The van der Waals surface area contributed by atoms with E-state index in [0.29, 0.717) is 21.7 Å². The first-order valence-electron chi connectivity index (χ1n) is 16.5. The number of anilines is 1. The smallest absolute Gasteiger partial charge is 0.367 e. The molecule has 0 spiro atoms. The number of aromatic nitrogens is 3. The van der Waals surface area contributed by atoms with Crippen LogP contribution < -0.4 is 10.6 Å². The van der Waals surface area contributed by atoms with Crippen molar-refractivity contribution in [3.8, 4) is 6.07 Å². The quantitative estimate of drug-likeness (QED) is 0.204. The highest BCUT2D eigenvalue weighted by molar-refractivity contribution is 7.18. The van der Waals surface area contributed by atoms with Gasteiger partial charge in [-0.2, -0.15) is 18.4 Å². The summed E-state index contributed by atoms with van der Waals surface area (Å²) < 4.78 is 41.0. The Bertz CT molecular complexity index is 1920. The van der Waals surface area contributed by atoms with Gasteiger partial charge in [-0.05, 0) is 86.6 Å². The maximum absolute atomic E-state index is 12.9. The second-order valence-electron chi connectivity index (χ2n) is 15.0. The molecular weight excluding hydrogens is 623 g/mol. The van der Waals surface area contributed by atoms with Crippen LogP contribution in [0.15, 0.2) is 30.6 Å². The van der Waals surface area contributed by atoms with Crippen molar-refractivity contribution in [2.75, 3.05) is 18.4 Å². The largest absolute Gasteiger partial charge is 0.393 e. The Morgan fingerprint density at radius 1 is 1.13 bits per heavy atom. The summed E-state index contributed by atoms with van der Waals surface area (Å²) in [5.74, 6) is 0.814. The zero-order valence-corrected chi connectivity index (χ0v) is 27.5. The Kier molecular flexibility index (Phi) is 6.95. The molecule has 47 heavy (non-hydrogen) atoms. The third-order valence-electron chi connectivity index (χ3n) is 11.2. The van der Waals surface area contributed by atoms with Crippen LogP contribution in [0.3, 0.4) is 0 Å². The number of aryl methyl sites for hydroxylation is 1. The molecule has 2 bridgehead atoms. The lowest BCUT2D eigenvalue weighted by Gasteiger charge is -2.71. The van der Waals surface area contributed by atoms with Crippen LogP contribution >= 0.6 is 11.3 Å². The number of nitrogens with zero attached hydrogens (tertiary/aromatic N) is 5. The maximum Gasteiger partial charge on any atom is 0.393 e. The average Bonchev–Trinajstić information content (AvgIpc) is 3.45. The van der Waals surface area contributed by atoms with Gasteiger partial charge in [-0.15, -0.1) is 11.3 Å². The lowest BCUT2D eigenvalue weighted by molar-refractivity contribution is -0.173. The van der Waals surface area contributed by atoms with Gasteiger partial charge in [0.2, 0.25) is 5.91 Å². The van der Waals surface area contributed by atoms with Crippen molar-refractivity contribution in [3.05, 3.63) is 52.3 Å². The Morgan fingerprint density at radius 2 is 1.87 bits per heavy atom. The molecule has 4 saturated carbocycles. The number of amides is 1. The van der Waals surface area contributed by atoms with E-state index in [4.69, 9.17) is 0 Å². The van der Waals surface area contributed by atoms with Gasteiger partial charge in [-0.1, -0.05) is 13.0 Å². The molecule has 0 atom stereocenters. The van der Waals surface area contributed by atoms with E-state index in [1.807, 2.05) is 6.07 Å². The molecule has 0 unspecified atom stereocenters. The summed E-state index contributed by atoms with van der Waals surface area (Å²) in [7, 11) is 0. The van der Waals surface area contributed by atoms with Gasteiger partial charge in [0.1, 0.15) is 28.7 Å². The van der Waals surface area contributed by atoms with Crippen LogP contribution in [0.4, 0.5) is 19.0 Å². The Hall–Kier alpha value is -3.69. The first-order chi connectivity index (χ1) is 22.4. The molecule has 4 aromatic rings. The van der Waals surface area contributed by atoms with Crippen LogP contribution in [0.2, 0.25) is 0 Å². The third-order valence-corrected chi connectivity index (χ3v) is 12.3. The zero-order valence-electron chi connectivity index (χ0n) is 26.6. The summed E-state index contributed by atoms with van der Waals surface area (Å²) >= 11 is 1.07. The number of fused-ring (bicyclic) bond motifs is 2. The van der Waals surface area contributed by atoms with Gasteiger partial charge in [0.15, 0.2) is 0 Å². The molecule has 0 radical (unpaired) electrons. The van der Waals surface area contributed by atoms with E-state index in [0.717, 1.165) is 93.4 Å². The predicted molar refractivity (Wildman–Crippen MR) is 175 cm³/mol. The molecule has 4 aliphatic carbocycles. The van der Waals surface area contributed by atoms with Crippen LogP contribution in [0, 0.1) is 29.1 Å². The molecular formula is C35H38F3N7OS. The molecule has 9 rings (SSSR count). The molecule has 5 aliphatic rings. The van der Waals surface area contributed by atoms with E-state index in [2.05, 4.69) is 62.1 Å². The molecule has 1 aliphatic heterocycles. The molecule has 1 amide bonds. The minimum absolute atomic E-state index is 0.0322. The van der Waals surface area contributed by atoms with E-state index in [1.165, 1.54) is 17.5 Å². The van der Waals surface area contributed by atoms with Crippen LogP contribution in [0.5, 0.6) is 0 Å². The van der Waals surface area contributed by atoms with Crippen molar-refractivity contribution in [2.45, 2.75) is 96.1 Å². The summed E-state index contributed by atoms with van der Waals surface area (Å²) in [5.41, 5.74) is 4.21. The number of hydrogen-bond donors (Lipinski definition) is 2. The normalized spacial score (nSPS) is 25.3. The number of rotatable bonds is 9. The number of nitriles is 1. The van der Waals surface area contributed by atoms with Gasteiger partial charge in [-0.3, -0.25) is 9.69 Å². The van der Waals surface area contributed by atoms with E-state index in [9.17, 15) is 23.2 Å². The number of alkyl halides is 3. The Morgan fingerprint density at radius 3 is 2.55 bits per heavy atom. The van der Waals surface area contributed by atoms with Gasteiger partial charge in [-0.25, -0.2) is 9.97 Å². The average molecular weight is 662 g/mol. The van der Waals surface area contributed by atoms with Gasteiger partial charge in [0.25, 0.3) is 0 Å². The summed E-state index contributed by atoms with van der Waals surface area (Å²) in [6, 6.07) is 10.6. The number of piperidine rings is 1. The number of benzene rings is 1. The Labute approximate surface area is 275 Å². The fourth-order valence-corrected chi connectivity index (χ4v) is 9.40. The van der Waals surface area contributed by atoms with Crippen molar-refractivity contribution in [2.24, 2.45) is 10.8 Å². The number of carbonyl (C=O) groups excluding carboxylic acids is 1. The number of nitrogens with one attached hydrogen (secondary N) is 2. The lowest BCUT2D eigenvalue weighted by Crippen LogP contribution is -2.76. The summed E-state index contributed by atoms with van der Waals surface area (Å²) in [5, 5.41) is 18.7. The molecule has 246 valence electrons. The van der Waals surface area contributed by atoms with Crippen LogP contribution in [0.25, 0.3) is 21.1 Å². The molecule has 2 N–H and O–H groups in total. The number of carbonyl (C=O) groups is 1. The molecule has 1 aromatic carbocycles. The SMILES string of the molecule is Cc1c(CN2CCC(Nc3ncnc4sc(CC(F)(F)F)cc34)CC2)ccc2c1cc(C#N)n2CC12CC(NC(=O)C3(C)CC3)(C1)C2. The van der Waals surface area contributed by atoms with Gasteiger partial charge in [0, 0.05) is 59.0 Å². The number of likely N-dealkylation sites (tertiary alicyclic amines) is 1. The number of hydrogen-bond acceptors (Lipinski definition) is 7. The topological polar surface area (TPSA) is 98.9 Å². The van der Waals surface area contributed by atoms with Crippen LogP contribution in [-0.4, -0.2) is 56.2 Å². The monoisotopic (exact) mass is 661 g/mol. The highest BCUT2D eigenvalue weighted by Crippen LogP contribution is 2.68. The molecule has 1 saturated heterocycles. The predicted octanol–water partition coefficient (Wildman–Crippen LogP) is 6.85. The fourth-order valence-electron chi connectivity index (χ4n) is 8.37. The fraction of sp³-hybridized carbons (Fsp3) is 0.543. The van der Waals surface area contributed by atoms with Crippen LogP contribution in [-0.2, 0) is 24.3 Å². The molecule has 4 heterocycles. The molecule has 3 aromatic heterocycles. The maximum atomic E-state index is 12.9. The first kappa shape index (κ1) is 30.6. The summed E-state index contributed by atoms with van der Waals surface area (Å²) in [6.45, 7) is 7.60. The number of halogens is 3. The third kappa shape index (κ3) is 5.55. The van der Waals surface area contributed by atoms with Gasteiger partial charge in [0.05, 0.1) is 11.8 Å². The van der Waals surface area contributed by atoms with Crippen molar-refractivity contribution < 1.29 is 18.0 Å². The number of thiophene rings is 1. The zero-order chi connectivity index (χ0) is 32.8. The van der Waals surface area contributed by atoms with E-state index in [-0.39, 0.29) is 33.2 Å². The van der Waals surface area contributed by atoms with Crippen molar-refractivity contribution in [1.82, 2.24) is 24.8 Å². The van der Waals surface area contributed by atoms with E-state index < -0.39 is 12.6 Å². The van der Waals surface area contributed by atoms with Crippen molar-refractivity contribution >= 4 is 44.2 Å². The highest BCUT2D eigenvalue weighted by atomic mass is 32.1. The minimum atomic E-state index is -4.26. The van der Waals surface area contributed by atoms with Crippen molar-refractivity contribution in [1.29, 1.82) is 5.26 Å². The Balaban J connectivity index is 0.899. The second kappa shape index (κ2) is 10.7. The summed E-state index contributed by atoms with van der Waals surface area (Å²) in [4.78, 5) is 24.4. The second-order valence-corrected chi connectivity index (χ2v) is 16.1. The first-order valence-corrected chi connectivity index (χ1v) is 17.3. The highest BCUT2D eigenvalue weighted by Gasteiger charge is 2.69. The van der Waals surface area contributed by atoms with Crippen molar-refractivity contribution in [3.63, 3.8) is 0 Å². The van der Waals surface area contributed by atoms with E-state index in [1.54, 1.807) is 6.07 Å². The molecule has 12 heteroatoms. The standard InChI is InChI=1S/C35H38F3N7OS/c1-21-22(15-44-9-5-23(6-10-44)42-29-27-12-25(13-35(36,37)38)47-30(27)41-20-40-29)3-4-28-26(21)11-24(14-39)45(28)19-33-16-34(17-33,18-33)43-31(46)32(2)7-8-32/h3-4,11-12,20,23H,5-10,13,15-19H2,1-2H3,(H,43,46)(H,40,41,42). The molecule has 8 nitrogen and oxygen atoms in total. The van der Waals surface area contributed by atoms with E-state index >= 15 is 0 Å². The molecule has 5 fully saturated rings.